The van der Waals surface area contributed by atoms with Crippen molar-refractivity contribution in [3.63, 3.8) is 0 Å². The summed E-state index contributed by atoms with van der Waals surface area (Å²) in [5, 5.41) is 9.55. The van der Waals surface area contributed by atoms with Gasteiger partial charge in [0.1, 0.15) is 5.75 Å². The normalized spacial score (nSPS) is 10.5. The van der Waals surface area contributed by atoms with Crippen molar-refractivity contribution in [2.45, 2.75) is 6.92 Å². The van der Waals surface area contributed by atoms with Crippen LogP contribution in [0.25, 0.3) is 0 Å². The van der Waals surface area contributed by atoms with E-state index >= 15 is 0 Å². The van der Waals surface area contributed by atoms with E-state index in [1.165, 1.54) is 6.21 Å². The van der Waals surface area contributed by atoms with Crippen molar-refractivity contribution in [2.75, 3.05) is 17.2 Å². The molecule has 0 fully saturated rings. The Morgan fingerprint density at radius 2 is 1.52 bits per heavy atom. The molecule has 3 amide bonds. The molecule has 3 aromatic carbocycles. The zero-order chi connectivity index (χ0) is 23.6. The van der Waals surface area contributed by atoms with Gasteiger partial charge >= 0.3 is 11.8 Å². The van der Waals surface area contributed by atoms with Gasteiger partial charge in [0.05, 0.1) is 6.21 Å². The van der Waals surface area contributed by atoms with Crippen molar-refractivity contribution in [3.05, 3.63) is 88.9 Å². The Balaban J connectivity index is 1.52. The van der Waals surface area contributed by atoms with E-state index in [0.717, 1.165) is 5.56 Å². The fourth-order valence-electron chi connectivity index (χ4n) is 2.63. The van der Waals surface area contributed by atoms with Crippen LogP contribution >= 0.6 is 11.6 Å². The molecule has 0 bridgehead atoms. The number of hydrogen-bond acceptors (Lipinski definition) is 5. The van der Waals surface area contributed by atoms with E-state index in [2.05, 4.69) is 21.2 Å². The topological polar surface area (TPSA) is 109 Å². The maximum absolute atomic E-state index is 12.1. The number of anilines is 2. The van der Waals surface area contributed by atoms with Gasteiger partial charge in [0.25, 0.3) is 5.91 Å². The van der Waals surface area contributed by atoms with Crippen LogP contribution in [0.2, 0.25) is 5.02 Å². The quantitative estimate of drug-likeness (QED) is 0.281. The molecule has 9 heteroatoms. The van der Waals surface area contributed by atoms with E-state index in [1.807, 2.05) is 19.1 Å². The molecular formula is C24H21ClN4O4. The number of hydrazone groups is 1. The van der Waals surface area contributed by atoms with Gasteiger partial charge in [-0.1, -0.05) is 41.4 Å². The second kappa shape index (κ2) is 11.4. The van der Waals surface area contributed by atoms with Gasteiger partial charge in [-0.2, -0.15) is 5.10 Å². The van der Waals surface area contributed by atoms with Crippen molar-refractivity contribution >= 4 is 46.9 Å². The van der Waals surface area contributed by atoms with E-state index in [1.54, 1.807) is 60.7 Å². The van der Waals surface area contributed by atoms with Crippen LogP contribution < -0.4 is 20.8 Å². The first-order valence-corrected chi connectivity index (χ1v) is 10.3. The lowest BCUT2D eigenvalue weighted by atomic mass is 10.2. The van der Waals surface area contributed by atoms with Gasteiger partial charge in [-0.15, -0.1) is 0 Å². The first-order valence-electron chi connectivity index (χ1n) is 9.89. The van der Waals surface area contributed by atoms with Crippen LogP contribution in [0.4, 0.5) is 11.4 Å². The molecule has 33 heavy (non-hydrogen) atoms. The fraction of sp³-hybridized carbons (Fsp3) is 0.0833. The fourth-order valence-corrected chi connectivity index (χ4v) is 2.75. The Bertz CT molecular complexity index is 1160. The molecule has 0 saturated carbocycles. The molecule has 0 aliphatic heterocycles. The molecule has 0 heterocycles. The third kappa shape index (κ3) is 7.48. The minimum Gasteiger partial charge on any atom is -0.483 e. The number of amides is 3. The number of carbonyl (C=O) groups is 3. The standard InChI is InChI=1S/C24H21ClN4O4/c1-16-6-10-20(11-7-16)28-23(31)24(32)29-26-14-17-4-2-3-5-21(17)33-15-22(30)27-19-12-8-18(25)9-13-19/h2-14H,15H2,1H3,(H,27,30)(H,28,31)(H,29,32)/b26-14-. The third-order valence-electron chi connectivity index (χ3n) is 4.29. The van der Waals surface area contributed by atoms with Crippen LogP contribution in [0.3, 0.4) is 0 Å². The number of halogens is 1. The van der Waals surface area contributed by atoms with E-state index in [0.29, 0.717) is 27.7 Å². The second-order valence-corrected chi connectivity index (χ2v) is 7.34. The first kappa shape index (κ1) is 23.5. The average Bonchev–Trinajstić information content (AvgIpc) is 2.81. The Hall–Kier alpha value is -4.17. The monoisotopic (exact) mass is 464 g/mol. The smallest absolute Gasteiger partial charge is 0.329 e. The minimum absolute atomic E-state index is 0.237. The van der Waals surface area contributed by atoms with Crippen molar-refractivity contribution in [2.24, 2.45) is 5.10 Å². The van der Waals surface area contributed by atoms with Crippen LogP contribution in [0.15, 0.2) is 77.9 Å². The lowest BCUT2D eigenvalue weighted by molar-refractivity contribution is -0.136. The number of aryl methyl sites for hydroxylation is 1. The van der Waals surface area contributed by atoms with Crippen LogP contribution in [-0.2, 0) is 14.4 Å². The number of nitrogens with zero attached hydrogens (tertiary/aromatic N) is 1. The minimum atomic E-state index is -0.924. The summed E-state index contributed by atoms with van der Waals surface area (Å²) in [4.78, 5) is 36.1. The predicted molar refractivity (Wildman–Crippen MR) is 128 cm³/mol. The summed E-state index contributed by atoms with van der Waals surface area (Å²) in [6, 6.07) is 20.5. The van der Waals surface area contributed by atoms with Crippen LogP contribution in [0.1, 0.15) is 11.1 Å². The van der Waals surface area contributed by atoms with Crippen molar-refractivity contribution in [1.29, 1.82) is 0 Å². The zero-order valence-electron chi connectivity index (χ0n) is 17.7. The number of hydrogen-bond donors (Lipinski definition) is 3. The Kier molecular flexibility index (Phi) is 8.15. The zero-order valence-corrected chi connectivity index (χ0v) is 18.4. The van der Waals surface area contributed by atoms with E-state index in [-0.39, 0.29) is 12.5 Å². The number of rotatable bonds is 7. The molecule has 3 N–H and O–H groups in total. The highest BCUT2D eigenvalue weighted by Crippen LogP contribution is 2.17. The number of ether oxygens (including phenoxy) is 1. The van der Waals surface area contributed by atoms with Gasteiger partial charge in [0.15, 0.2) is 6.61 Å². The van der Waals surface area contributed by atoms with Gasteiger partial charge in [-0.25, -0.2) is 5.43 Å². The highest BCUT2D eigenvalue weighted by molar-refractivity contribution is 6.39. The average molecular weight is 465 g/mol. The summed E-state index contributed by atoms with van der Waals surface area (Å²) < 4.78 is 5.57. The number of benzene rings is 3. The summed E-state index contributed by atoms with van der Waals surface area (Å²) >= 11 is 5.83. The van der Waals surface area contributed by atoms with Crippen LogP contribution in [0, 0.1) is 6.92 Å². The highest BCUT2D eigenvalue weighted by atomic mass is 35.5. The van der Waals surface area contributed by atoms with Crippen molar-refractivity contribution in [3.8, 4) is 5.75 Å². The van der Waals surface area contributed by atoms with E-state index in [4.69, 9.17) is 16.3 Å². The molecule has 0 atom stereocenters. The summed E-state index contributed by atoms with van der Waals surface area (Å²) in [5.41, 5.74) is 4.80. The largest absolute Gasteiger partial charge is 0.483 e. The molecule has 8 nitrogen and oxygen atoms in total. The molecule has 0 radical (unpaired) electrons. The summed E-state index contributed by atoms with van der Waals surface area (Å²) in [6.07, 6.45) is 1.32. The van der Waals surface area contributed by atoms with Crippen molar-refractivity contribution < 1.29 is 19.1 Å². The van der Waals surface area contributed by atoms with E-state index in [9.17, 15) is 14.4 Å². The number of carbonyl (C=O) groups excluding carboxylic acids is 3. The van der Waals surface area contributed by atoms with Gasteiger partial charge in [0.2, 0.25) is 0 Å². The molecule has 0 aliphatic rings. The molecule has 3 rings (SSSR count). The molecule has 0 unspecified atom stereocenters. The van der Waals surface area contributed by atoms with Crippen molar-refractivity contribution in [1.82, 2.24) is 5.43 Å². The Morgan fingerprint density at radius 1 is 0.879 bits per heavy atom. The lowest BCUT2D eigenvalue weighted by Crippen LogP contribution is -2.32. The summed E-state index contributed by atoms with van der Waals surface area (Å²) in [7, 11) is 0. The number of para-hydroxylation sites is 1. The Morgan fingerprint density at radius 3 is 2.24 bits per heavy atom. The summed E-state index contributed by atoms with van der Waals surface area (Å²) in [5.74, 6) is -1.75. The van der Waals surface area contributed by atoms with Gasteiger partial charge in [-0.05, 0) is 55.5 Å². The third-order valence-corrected chi connectivity index (χ3v) is 4.54. The summed E-state index contributed by atoms with van der Waals surface area (Å²) in [6.45, 7) is 1.68. The SMILES string of the molecule is Cc1ccc(NC(=O)C(=O)N/N=C\c2ccccc2OCC(=O)Nc2ccc(Cl)cc2)cc1. The van der Waals surface area contributed by atoms with Gasteiger partial charge in [0, 0.05) is 22.0 Å². The second-order valence-electron chi connectivity index (χ2n) is 6.90. The predicted octanol–water partition coefficient (Wildman–Crippen LogP) is 3.75. The first-order chi connectivity index (χ1) is 15.9. The lowest BCUT2D eigenvalue weighted by Gasteiger charge is -2.09. The van der Waals surface area contributed by atoms with Crippen LogP contribution in [0.5, 0.6) is 5.75 Å². The van der Waals surface area contributed by atoms with Gasteiger partial charge < -0.3 is 15.4 Å². The maximum atomic E-state index is 12.1. The molecular weight excluding hydrogens is 444 g/mol. The molecule has 3 aromatic rings. The maximum Gasteiger partial charge on any atom is 0.329 e. The molecule has 0 aliphatic carbocycles. The van der Waals surface area contributed by atoms with Crippen LogP contribution in [-0.4, -0.2) is 30.5 Å². The molecule has 168 valence electrons. The van der Waals surface area contributed by atoms with Gasteiger partial charge in [-0.3, -0.25) is 14.4 Å². The number of nitrogens with one attached hydrogen (secondary N) is 3. The molecule has 0 saturated heterocycles. The van der Waals surface area contributed by atoms with E-state index < -0.39 is 11.8 Å². The highest BCUT2D eigenvalue weighted by Gasteiger charge is 2.13. The Labute approximate surface area is 195 Å². The molecule has 0 spiro atoms. The molecule has 0 aromatic heterocycles.